The van der Waals surface area contributed by atoms with E-state index in [9.17, 15) is 0 Å². The molecule has 0 aliphatic heterocycles. The van der Waals surface area contributed by atoms with E-state index in [0.717, 1.165) is 0 Å². The maximum Gasteiger partial charge on any atom is -1.00 e. The van der Waals surface area contributed by atoms with Gasteiger partial charge in [-0.05, 0) is 0 Å². The molecule has 0 spiro atoms. The third-order valence-electron chi connectivity index (χ3n) is 0.400. The molecule has 0 saturated heterocycles. The molecule has 2 nitrogen and oxygen atoms in total. The first kappa shape index (κ1) is 12.4. The predicted molar refractivity (Wildman–Crippen MR) is 27.4 cm³/mol. The standard InChI is InChI=1S/2C2H6N.BrH.Nd/c2*1-3-2;;/h2*1-2H3;1H;/q2*-1;;+3/p-1. The molecule has 0 aliphatic rings. The summed E-state index contributed by atoms with van der Waals surface area (Å²) < 4.78 is 4.64. The minimum atomic E-state index is -0.485. The van der Waals surface area contributed by atoms with Crippen LogP contribution in [-0.4, -0.2) is 30.2 Å². The summed E-state index contributed by atoms with van der Waals surface area (Å²) >= 11 is -0.485. The zero-order chi connectivity index (χ0) is 5.86. The summed E-state index contributed by atoms with van der Waals surface area (Å²) in [4.78, 5) is 0. The van der Waals surface area contributed by atoms with Gasteiger partial charge in [-0.2, -0.15) is 0 Å². The third kappa shape index (κ3) is 10.7. The van der Waals surface area contributed by atoms with Crippen LogP contribution in [0.15, 0.2) is 0 Å². The van der Waals surface area contributed by atoms with E-state index in [1.807, 2.05) is 0 Å². The molecule has 0 saturated carbocycles. The first-order valence-corrected chi connectivity index (χ1v) is 5.11. The number of rotatable bonds is 2. The fourth-order valence-corrected chi connectivity index (χ4v) is 2.97. The fraction of sp³-hybridized carbons (Fsp3) is 1.00. The van der Waals surface area contributed by atoms with Gasteiger partial charge in [0, 0.05) is 0 Å². The predicted octanol–water partition coefficient (Wildman–Crippen LogP) is -2.97. The Morgan fingerprint density at radius 1 is 0.875 bits per heavy atom. The van der Waals surface area contributed by atoms with Crippen LogP contribution in [0.2, 0.25) is 0 Å². The van der Waals surface area contributed by atoms with Crippen LogP contribution in [0.3, 0.4) is 0 Å². The van der Waals surface area contributed by atoms with Gasteiger partial charge in [0.2, 0.25) is 0 Å². The normalized spacial score (nSPS) is 8.75. The van der Waals surface area contributed by atoms with Gasteiger partial charge in [0.1, 0.15) is 0 Å². The van der Waals surface area contributed by atoms with E-state index < -0.39 is 37.5 Å². The fourth-order valence-electron chi connectivity index (χ4n) is 0.400. The zero-order valence-electron chi connectivity index (χ0n) is 5.77. The van der Waals surface area contributed by atoms with Crippen molar-refractivity contribution in [3.05, 3.63) is 0 Å². The van der Waals surface area contributed by atoms with Gasteiger partial charge < -0.3 is 17.0 Å². The summed E-state index contributed by atoms with van der Waals surface area (Å²) in [6.45, 7) is 0. The summed E-state index contributed by atoms with van der Waals surface area (Å²) in [5, 5.41) is 0. The van der Waals surface area contributed by atoms with E-state index >= 15 is 0 Å². The number of hydrogen-bond donors (Lipinski definition) is 0. The van der Waals surface area contributed by atoms with Crippen LogP contribution in [0.5, 0.6) is 0 Å². The van der Waals surface area contributed by atoms with Gasteiger partial charge in [0.05, 0.1) is 0 Å². The van der Waals surface area contributed by atoms with Crippen LogP contribution in [0.25, 0.3) is 0 Å². The van der Waals surface area contributed by atoms with Crippen molar-refractivity contribution < 1.29 is 54.5 Å². The van der Waals surface area contributed by atoms with Crippen molar-refractivity contribution in [3.8, 4) is 0 Å². The maximum absolute atomic E-state index is 2.32. The summed E-state index contributed by atoms with van der Waals surface area (Å²) in [5.41, 5.74) is 0. The molecule has 0 rings (SSSR count). The van der Waals surface area contributed by atoms with E-state index in [1.54, 1.807) is 0 Å². The van der Waals surface area contributed by atoms with E-state index in [1.165, 1.54) is 0 Å². The molecular formula is C4H12BrN2Nd. The second kappa shape index (κ2) is 6.86. The summed E-state index contributed by atoms with van der Waals surface area (Å²) in [6, 6.07) is 0. The average molecular weight is 312 g/mol. The molecule has 0 heterocycles. The summed E-state index contributed by atoms with van der Waals surface area (Å²) in [7, 11) is 8.57. The Hall–Kier alpha value is 1.75. The van der Waals surface area contributed by atoms with Crippen molar-refractivity contribution in [3.63, 3.8) is 0 Å². The Labute approximate surface area is 83.5 Å². The molecule has 0 N–H and O–H groups in total. The molecule has 0 fully saturated rings. The van der Waals surface area contributed by atoms with Crippen molar-refractivity contribution in [1.82, 2.24) is 1.97 Å². The Balaban J connectivity index is 0. The molecule has 0 radical (unpaired) electrons. The Kier molecular flexibility index (Phi) is 10.7. The number of halogens is 1. The largest absolute Gasteiger partial charge is 1.00 e. The van der Waals surface area contributed by atoms with Gasteiger partial charge in [0.25, 0.3) is 0 Å². The van der Waals surface area contributed by atoms with Gasteiger partial charge in [-0.25, -0.2) is 0 Å². The van der Waals surface area contributed by atoms with Crippen LogP contribution in [0.1, 0.15) is 0 Å². The molecule has 0 amide bonds. The molecule has 4 heteroatoms. The average Bonchev–Trinajstić information content (AvgIpc) is 1.27. The van der Waals surface area contributed by atoms with Gasteiger partial charge in [-0.15, -0.1) is 0 Å². The van der Waals surface area contributed by atoms with Crippen LogP contribution in [0.4, 0.5) is 0 Å². The Morgan fingerprint density at radius 2 is 1.12 bits per heavy atom. The van der Waals surface area contributed by atoms with Crippen molar-refractivity contribution in [2.75, 3.05) is 28.2 Å². The number of hydrogen-bond acceptors (Lipinski definition) is 2. The molecule has 0 aromatic carbocycles. The minimum Gasteiger partial charge on any atom is -1.00 e. The topological polar surface area (TPSA) is 6.48 Å². The maximum atomic E-state index is 2.32. The van der Waals surface area contributed by atoms with E-state index in [0.29, 0.717) is 0 Å². The van der Waals surface area contributed by atoms with E-state index in [-0.39, 0.29) is 17.0 Å². The minimum absolute atomic E-state index is 0. The molecule has 0 aromatic rings. The molecule has 0 aromatic heterocycles. The van der Waals surface area contributed by atoms with Crippen molar-refractivity contribution in [1.29, 1.82) is 0 Å². The van der Waals surface area contributed by atoms with Gasteiger partial charge in [-0.1, -0.05) is 0 Å². The first-order chi connectivity index (χ1) is 3.13. The molecule has 0 bridgehead atoms. The monoisotopic (exact) mass is 309 g/mol. The second-order valence-electron chi connectivity index (χ2n) is 1.89. The van der Waals surface area contributed by atoms with Crippen LogP contribution in [0, 0.1) is 37.5 Å². The van der Waals surface area contributed by atoms with Crippen LogP contribution < -0.4 is 17.0 Å². The Bertz CT molecular complexity index is 43.3. The van der Waals surface area contributed by atoms with E-state index in [2.05, 4.69) is 30.2 Å². The quantitative estimate of drug-likeness (QED) is 0.537. The van der Waals surface area contributed by atoms with Gasteiger partial charge in [0.15, 0.2) is 0 Å². The van der Waals surface area contributed by atoms with Gasteiger partial charge >= 0.3 is 67.6 Å². The SMILES string of the molecule is C[N](C)[Nd+][N](C)C.[Br-]. The smallest absolute Gasteiger partial charge is 1.00 e. The molecule has 0 unspecified atom stereocenters. The van der Waals surface area contributed by atoms with Crippen LogP contribution >= 0.6 is 0 Å². The molecule has 0 atom stereocenters. The van der Waals surface area contributed by atoms with Crippen LogP contribution in [-0.2, 0) is 0 Å². The van der Waals surface area contributed by atoms with Crippen molar-refractivity contribution in [2.24, 2.45) is 0 Å². The number of nitrogens with zero attached hydrogens (tertiary/aromatic N) is 2. The van der Waals surface area contributed by atoms with Gasteiger partial charge in [-0.3, -0.25) is 0 Å². The molecule has 49 valence electrons. The summed E-state index contributed by atoms with van der Waals surface area (Å²) in [5.74, 6) is 0. The molecular weight excluding hydrogens is 300 g/mol. The van der Waals surface area contributed by atoms with E-state index in [4.69, 9.17) is 0 Å². The zero-order valence-corrected chi connectivity index (χ0v) is 10.6. The molecule has 8 heavy (non-hydrogen) atoms. The molecule has 0 aliphatic carbocycles. The van der Waals surface area contributed by atoms with Crippen molar-refractivity contribution >= 4 is 0 Å². The second-order valence-corrected chi connectivity index (χ2v) is 8.27. The summed E-state index contributed by atoms with van der Waals surface area (Å²) in [6.07, 6.45) is 0. The first-order valence-electron chi connectivity index (χ1n) is 2.24. The third-order valence-corrected chi connectivity index (χ3v) is 2.97. The van der Waals surface area contributed by atoms with Crippen molar-refractivity contribution in [2.45, 2.75) is 0 Å². The Morgan fingerprint density at radius 3 is 1.12 bits per heavy atom.